The van der Waals surface area contributed by atoms with E-state index < -0.39 is 10.1 Å². The van der Waals surface area contributed by atoms with Crippen molar-refractivity contribution in [2.45, 2.75) is 20.3 Å². The molecule has 0 aliphatic carbocycles. The summed E-state index contributed by atoms with van der Waals surface area (Å²) in [5.41, 5.74) is 0.441. The molecule has 0 aliphatic rings. The van der Waals surface area contributed by atoms with Crippen LogP contribution in [0.15, 0.2) is 12.2 Å². The maximum Gasteiger partial charge on any atom is 0.333 e. The molecule has 0 aliphatic heterocycles. The van der Waals surface area contributed by atoms with E-state index in [9.17, 15) is 13.2 Å². The van der Waals surface area contributed by atoms with Gasteiger partial charge in [-0.15, -0.1) is 0 Å². The largest absolute Gasteiger partial charge is 0.461 e. The van der Waals surface area contributed by atoms with Gasteiger partial charge in [0, 0.05) is 12.1 Å². The van der Waals surface area contributed by atoms with Crippen molar-refractivity contribution < 1.29 is 22.5 Å². The first kappa shape index (κ1) is 18.4. The normalized spacial score (nSPS) is 10.1. The fourth-order valence-corrected chi connectivity index (χ4v) is 1.14. The van der Waals surface area contributed by atoms with Crippen molar-refractivity contribution in [1.29, 1.82) is 0 Å². The Balaban J connectivity index is 0. The topological polar surface area (TPSA) is 92.7 Å². The van der Waals surface area contributed by atoms with Crippen LogP contribution in [-0.4, -0.2) is 44.9 Å². The molecule has 0 spiro atoms. The van der Waals surface area contributed by atoms with Crippen LogP contribution < -0.4 is 5.32 Å². The Kier molecular flexibility index (Phi) is 11.1. The van der Waals surface area contributed by atoms with Gasteiger partial charge in [0.15, 0.2) is 0 Å². The first-order valence-corrected chi connectivity index (χ1v) is 6.77. The second-order valence-electron chi connectivity index (χ2n) is 3.31. The van der Waals surface area contributed by atoms with Gasteiger partial charge in [-0.05, 0) is 20.4 Å². The van der Waals surface area contributed by atoms with Gasteiger partial charge in [-0.1, -0.05) is 13.5 Å². The Hall–Kier alpha value is -0.920. The highest BCUT2D eigenvalue weighted by Gasteiger charge is 2.00. The first-order chi connectivity index (χ1) is 7.74. The molecule has 0 heterocycles. The molecule has 0 saturated carbocycles. The molecule has 0 aromatic carbocycles. The van der Waals surface area contributed by atoms with Gasteiger partial charge < -0.3 is 10.1 Å². The molecule has 7 heteroatoms. The first-order valence-electron chi connectivity index (χ1n) is 5.17. The van der Waals surface area contributed by atoms with Crippen LogP contribution in [-0.2, 0) is 19.6 Å². The van der Waals surface area contributed by atoms with E-state index in [0.29, 0.717) is 25.1 Å². The number of carbonyl (C=O) groups is 1. The molecule has 0 aromatic heterocycles. The minimum atomic E-state index is -3.67. The SMILES string of the molecule is C=C(C)C(=O)OCCNC.CCCS(=O)(=O)O. The molecule has 6 nitrogen and oxygen atoms in total. The summed E-state index contributed by atoms with van der Waals surface area (Å²) in [6.07, 6.45) is 0.471. The van der Waals surface area contributed by atoms with Crippen molar-refractivity contribution in [1.82, 2.24) is 5.32 Å². The van der Waals surface area contributed by atoms with Gasteiger partial charge in [0.2, 0.25) is 0 Å². The van der Waals surface area contributed by atoms with Crippen LogP contribution in [0, 0.1) is 0 Å². The van der Waals surface area contributed by atoms with Gasteiger partial charge in [-0.2, -0.15) is 8.42 Å². The number of rotatable bonds is 6. The molecule has 17 heavy (non-hydrogen) atoms. The van der Waals surface area contributed by atoms with Crippen molar-refractivity contribution in [3.8, 4) is 0 Å². The quantitative estimate of drug-likeness (QED) is 0.317. The molecular weight excluding hydrogens is 246 g/mol. The summed E-state index contributed by atoms with van der Waals surface area (Å²) in [5, 5.41) is 2.86. The minimum absolute atomic E-state index is 0.132. The smallest absolute Gasteiger partial charge is 0.333 e. The van der Waals surface area contributed by atoms with Crippen molar-refractivity contribution in [3.05, 3.63) is 12.2 Å². The Morgan fingerprint density at radius 1 is 1.47 bits per heavy atom. The second-order valence-corrected chi connectivity index (χ2v) is 4.88. The average molecular weight is 267 g/mol. The third-order valence-electron chi connectivity index (χ3n) is 1.40. The Bertz CT molecular complexity index is 324. The zero-order valence-corrected chi connectivity index (χ0v) is 11.3. The number of nitrogens with one attached hydrogen (secondary N) is 1. The molecule has 2 N–H and O–H groups in total. The van der Waals surface area contributed by atoms with Crippen LogP contribution in [0.5, 0.6) is 0 Å². The molecule has 0 rings (SSSR count). The van der Waals surface area contributed by atoms with E-state index in [1.54, 1.807) is 20.9 Å². The van der Waals surface area contributed by atoms with Crippen molar-refractivity contribution >= 4 is 16.1 Å². The average Bonchev–Trinajstić information content (AvgIpc) is 2.16. The van der Waals surface area contributed by atoms with Crippen molar-refractivity contribution in [2.24, 2.45) is 0 Å². The highest BCUT2D eigenvalue weighted by Crippen LogP contribution is 1.90. The predicted molar refractivity (Wildman–Crippen MR) is 66.4 cm³/mol. The Morgan fingerprint density at radius 2 is 2.00 bits per heavy atom. The van der Waals surface area contributed by atoms with Crippen LogP contribution in [0.1, 0.15) is 20.3 Å². The van der Waals surface area contributed by atoms with E-state index in [1.807, 2.05) is 0 Å². The van der Waals surface area contributed by atoms with Crippen LogP contribution in [0.25, 0.3) is 0 Å². The molecule has 102 valence electrons. The van der Waals surface area contributed by atoms with Gasteiger partial charge in [-0.3, -0.25) is 4.55 Å². The lowest BCUT2D eigenvalue weighted by atomic mass is 10.4. The molecule has 0 radical (unpaired) electrons. The fourth-order valence-electron chi connectivity index (χ4n) is 0.627. The molecule has 0 atom stereocenters. The molecular formula is C10H21NO5S. The molecule has 0 unspecified atom stereocenters. The van der Waals surface area contributed by atoms with Gasteiger partial charge >= 0.3 is 5.97 Å². The summed E-state index contributed by atoms with van der Waals surface area (Å²) < 4.78 is 32.3. The van der Waals surface area contributed by atoms with Gasteiger partial charge in [0.1, 0.15) is 6.61 Å². The van der Waals surface area contributed by atoms with E-state index >= 15 is 0 Å². The summed E-state index contributed by atoms with van der Waals surface area (Å²) in [6, 6.07) is 0. The molecule has 0 bridgehead atoms. The highest BCUT2D eigenvalue weighted by atomic mass is 32.2. The van der Waals surface area contributed by atoms with Crippen molar-refractivity contribution in [2.75, 3.05) is 26.0 Å². The van der Waals surface area contributed by atoms with Crippen LogP contribution >= 0.6 is 0 Å². The number of carbonyl (C=O) groups excluding carboxylic acids is 1. The number of ether oxygens (including phenoxy) is 1. The fraction of sp³-hybridized carbons (Fsp3) is 0.700. The van der Waals surface area contributed by atoms with E-state index in [-0.39, 0.29) is 11.7 Å². The van der Waals surface area contributed by atoms with E-state index in [0.717, 1.165) is 0 Å². The summed E-state index contributed by atoms with van der Waals surface area (Å²) in [5.74, 6) is -0.456. The zero-order valence-electron chi connectivity index (χ0n) is 10.5. The summed E-state index contributed by atoms with van der Waals surface area (Å²) in [7, 11) is -1.87. The number of hydrogen-bond donors (Lipinski definition) is 2. The maximum atomic E-state index is 10.7. The standard InChI is InChI=1S/C7H13NO2.C3H8O3S/c1-6(2)7(9)10-5-4-8-3;1-2-3-7(4,5)6/h8H,1,4-5H2,2-3H3;2-3H2,1H3,(H,4,5,6). The lowest BCUT2D eigenvalue weighted by Crippen LogP contribution is -2.17. The number of esters is 1. The Labute approximate surface area is 103 Å². The third-order valence-corrected chi connectivity index (χ3v) is 2.32. The van der Waals surface area contributed by atoms with Gasteiger partial charge in [0.05, 0.1) is 5.75 Å². The van der Waals surface area contributed by atoms with Gasteiger partial charge in [0.25, 0.3) is 10.1 Å². The van der Waals surface area contributed by atoms with Gasteiger partial charge in [-0.25, -0.2) is 4.79 Å². The molecule has 0 saturated heterocycles. The van der Waals surface area contributed by atoms with E-state index in [1.165, 1.54) is 0 Å². The second kappa shape index (κ2) is 10.2. The molecule has 0 amide bonds. The number of hydrogen-bond acceptors (Lipinski definition) is 5. The monoisotopic (exact) mass is 267 g/mol. The highest BCUT2D eigenvalue weighted by molar-refractivity contribution is 7.85. The number of likely N-dealkylation sites (N-methyl/N-ethyl adjacent to an activating group) is 1. The summed E-state index contributed by atoms with van der Waals surface area (Å²) >= 11 is 0. The lowest BCUT2D eigenvalue weighted by molar-refractivity contribution is -0.138. The zero-order chi connectivity index (χ0) is 13.9. The lowest BCUT2D eigenvalue weighted by Gasteiger charge is -2.01. The van der Waals surface area contributed by atoms with Crippen molar-refractivity contribution in [3.63, 3.8) is 0 Å². The molecule has 0 fully saturated rings. The van der Waals surface area contributed by atoms with E-state index in [4.69, 9.17) is 9.29 Å². The summed E-state index contributed by atoms with van der Waals surface area (Å²) in [6.45, 7) is 7.84. The third kappa shape index (κ3) is 17.7. The maximum absolute atomic E-state index is 10.7. The molecule has 0 aromatic rings. The minimum Gasteiger partial charge on any atom is -0.461 e. The van der Waals surface area contributed by atoms with Crippen LogP contribution in [0.3, 0.4) is 0 Å². The van der Waals surface area contributed by atoms with Crippen LogP contribution in [0.2, 0.25) is 0 Å². The summed E-state index contributed by atoms with van der Waals surface area (Å²) in [4.78, 5) is 10.7. The van der Waals surface area contributed by atoms with E-state index in [2.05, 4.69) is 11.9 Å². The van der Waals surface area contributed by atoms with Crippen LogP contribution in [0.4, 0.5) is 0 Å². The Morgan fingerprint density at radius 3 is 2.24 bits per heavy atom. The predicted octanol–water partition coefficient (Wildman–Crippen LogP) is 0.609.